The van der Waals surface area contributed by atoms with Crippen LogP contribution in [0.4, 0.5) is 10.2 Å². The van der Waals surface area contributed by atoms with E-state index in [1.807, 2.05) is 6.07 Å². The van der Waals surface area contributed by atoms with Crippen molar-refractivity contribution in [2.24, 2.45) is 0 Å². The van der Waals surface area contributed by atoms with Crippen LogP contribution in [-0.2, 0) is 6.42 Å². The first kappa shape index (κ1) is 13.8. The van der Waals surface area contributed by atoms with Crippen molar-refractivity contribution in [1.29, 1.82) is 0 Å². The van der Waals surface area contributed by atoms with Crippen LogP contribution in [0.25, 0.3) is 0 Å². The number of nitrogens with zero attached hydrogens (tertiary/aromatic N) is 1. The number of thiophene rings is 1. The summed E-state index contributed by atoms with van der Waals surface area (Å²) in [6.45, 7) is 0.400. The number of carbonyl (C=O) groups excluding carboxylic acids is 1. The summed E-state index contributed by atoms with van der Waals surface area (Å²) in [7, 11) is 0. The molecule has 0 spiro atoms. The number of carbonyl (C=O) groups is 1. The van der Waals surface area contributed by atoms with Gasteiger partial charge in [0.15, 0.2) is 11.6 Å². The highest BCUT2D eigenvalue weighted by Crippen LogP contribution is 2.21. The highest BCUT2D eigenvalue weighted by atomic mass is 35.5. The van der Waals surface area contributed by atoms with Crippen molar-refractivity contribution in [2.75, 3.05) is 12.3 Å². The first-order valence-corrected chi connectivity index (χ1v) is 6.70. The second-order valence-electron chi connectivity index (χ2n) is 3.77. The van der Waals surface area contributed by atoms with E-state index >= 15 is 0 Å². The normalized spacial score (nSPS) is 10.4. The van der Waals surface area contributed by atoms with Crippen molar-refractivity contribution in [2.45, 2.75) is 6.42 Å². The lowest BCUT2D eigenvalue weighted by molar-refractivity contribution is 0.0950. The van der Waals surface area contributed by atoms with Gasteiger partial charge in [0, 0.05) is 17.6 Å². The Morgan fingerprint density at radius 2 is 2.26 bits per heavy atom. The van der Waals surface area contributed by atoms with Gasteiger partial charge in [-0.25, -0.2) is 9.37 Å². The van der Waals surface area contributed by atoms with Gasteiger partial charge in [-0.05, 0) is 24.6 Å². The van der Waals surface area contributed by atoms with Crippen molar-refractivity contribution in [3.63, 3.8) is 0 Å². The third-order valence-corrected chi connectivity index (χ3v) is 3.74. The Hall–Kier alpha value is -1.66. The van der Waals surface area contributed by atoms with Crippen LogP contribution in [0.5, 0.6) is 0 Å². The molecule has 3 N–H and O–H groups in total. The summed E-state index contributed by atoms with van der Waals surface area (Å²) in [6, 6.07) is 4.99. The highest BCUT2D eigenvalue weighted by molar-refractivity contribution is 7.16. The number of pyridine rings is 1. The van der Waals surface area contributed by atoms with E-state index in [0.29, 0.717) is 17.3 Å². The Balaban J connectivity index is 1.93. The zero-order chi connectivity index (χ0) is 13.8. The van der Waals surface area contributed by atoms with Gasteiger partial charge in [0.1, 0.15) is 0 Å². The summed E-state index contributed by atoms with van der Waals surface area (Å²) in [5, 5.41) is 2.63. The maximum atomic E-state index is 13.5. The number of hydrogen-bond acceptors (Lipinski definition) is 4. The Morgan fingerprint density at radius 1 is 1.47 bits per heavy atom. The van der Waals surface area contributed by atoms with Gasteiger partial charge in [0.25, 0.3) is 5.91 Å². The van der Waals surface area contributed by atoms with E-state index in [1.165, 1.54) is 23.6 Å². The fourth-order valence-corrected chi connectivity index (χ4v) is 2.60. The molecule has 0 atom stereocenters. The summed E-state index contributed by atoms with van der Waals surface area (Å²) in [4.78, 5) is 16.4. The largest absolute Gasteiger partial charge is 0.381 e. The molecule has 0 aliphatic rings. The zero-order valence-corrected chi connectivity index (χ0v) is 11.4. The molecule has 0 unspecified atom stereocenters. The second kappa shape index (κ2) is 5.99. The van der Waals surface area contributed by atoms with Crippen LogP contribution in [0.1, 0.15) is 15.2 Å². The molecule has 0 saturated carbocycles. The second-order valence-corrected chi connectivity index (χ2v) is 5.57. The molecule has 1 amide bonds. The third-order valence-electron chi connectivity index (χ3n) is 2.45. The average Bonchev–Trinajstić information content (AvgIpc) is 2.78. The molecule has 0 aliphatic carbocycles. The summed E-state index contributed by atoms with van der Waals surface area (Å²) < 4.78 is 14.2. The number of aromatic nitrogens is 1. The summed E-state index contributed by atoms with van der Waals surface area (Å²) in [5.74, 6) is -1.58. The lowest BCUT2D eigenvalue weighted by Gasteiger charge is -2.06. The lowest BCUT2D eigenvalue weighted by Crippen LogP contribution is -2.26. The van der Waals surface area contributed by atoms with Gasteiger partial charge < -0.3 is 11.1 Å². The molecular formula is C12H11ClFN3OS. The number of rotatable bonds is 4. The van der Waals surface area contributed by atoms with Crippen LogP contribution in [0.15, 0.2) is 24.4 Å². The fourth-order valence-electron chi connectivity index (χ4n) is 1.52. The van der Waals surface area contributed by atoms with E-state index < -0.39 is 11.7 Å². The Labute approximate surface area is 118 Å². The number of amides is 1. The summed E-state index contributed by atoms with van der Waals surface area (Å²) in [5.41, 5.74) is 5.20. The van der Waals surface area contributed by atoms with Gasteiger partial charge in [-0.15, -0.1) is 11.3 Å². The molecule has 0 aromatic carbocycles. The predicted octanol–water partition coefficient (Wildman–Crippen LogP) is 2.49. The molecule has 0 radical (unpaired) electrons. The van der Waals surface area contributed by atoms with Crippen LogP contribution < -0.4 is 11.1 Å². The molecule has 2 aromatic rings. The van der Waals surface area contributed by atoms with Crippen molar-refractivity contribution >= 4 is 34.7 Å². The standard InChI is InChI=1S/C12H11ClFN3OS/c13-9-2-1-7(19-9)3-5-17-12(18)8-4-6-16-11(15)10(8)14/h1-2,4,6H,3,5H2,(H2,15,16)(H,17,18). The first-order valence-electron chi connectivity index (χ1n) is 5.50. The molecule has 2 rings (SSSR count). The topological polar surface area (TPSA) is 68.0 Å². The molecule has 7 heteroatoms. The molecule has 2 heterocycles. The van der Waals surface area contributed by atoms with Crippen LogP contribution in [0.2, 0.25) is 4.34 Å². The molecule has 0 fully saturated rings. The SMILES string of the molecule is Nc1nccc(C(=O)NCCc2ccc(Cl)s2)c1F. The average molecular weight is 300 g/mol. The van der Waals surface area contributed by atoms with Crippen molar-refractivity contribution < 1.29 is 9.18 Å². The Kier molecular flexibility index (Phi) is 4.34. The van der Waals surface area contributed by atoms with Gasteiger partial charge >= 0.3 is 0 Å². The Bertz CT molecular complexity index is 602. The zero-order valence-electron chi connectivity index (χ0n) is 9.82. The molecule has 100 valence electrons. The molecular weight excluding hydrogens is 289 g/mol. The van der Waals surface area contributed by atoms with Gasteiger partial charge in [0.05, 0.1) is 9.90 Å². The maximum absolute atomic E-state index is 13.5. The number of nitrogen functional groups attached to an aromatic ring is 1. The molecule has 4 nitrogen and oxygen atoms in total. The van der Waals surface area contributed by atoms with E-state index in [2.05, 4.69) is 10.3 Å². The molecule has 2 aromatic heterocycles. The smallest absolute Gasteiger partial charge is 0.254 e. The molecule has 0 saturated heterocycles. The first-order chi connectivity index (χ1) is 9.08. The molecule has 19 heavy (non-hydrogen) atoms. The number of nitrogens with two attached hydrogens (primary N) is 1. The minimum atomic E-state index is -0.792. The number of anilines is 1. The van der Waals surface area contributed by atoms with E-state index in [9.17, 15) is 9.18 Å². The van der Waals surface area contributed by atoms with E-state index in [4.69, 9.17) is 17.3 Å². The van der Waals surface area contributed by atoms with Crippen molar-refractivity contribution in [1.82, 2.24) is 10.3 Å². The predicted molar refractivity (Wildman–Crippen MR) is 74.0 cm³/mol. The minimum Gasteiger partial charge on any atom is -0.381 e. The minimum absolute atomic E-state index is 0.100. The van der Waals surface area contributed by atoms with Crippen molar-refractivity contribution in [3.8, 4) is 0 Å². The van der Waals surface area contributed by atoms with E-state index in [1.54, 1.807) is 6.07 Å². The van der Waals surface area contributed by atoms with Crippen LogP contribution in [0.3, 0.4) is 0 Å². The quantitative estimate of drug-likeness (QED) is 0.911. The monoisotopic (exact) mass is 299 g/mol. The molecule has 0 bridgehead atoms. The summed E-state index contributed by atoms with van der Waals surface area (Å²) >= 11 is 7.25. The number of hydrogen-bond donors (Lipinski definition) is 2. The van der Waals surface area contributed by atoms with Crippen LogP contribution in [0, 0.1) is 5.82 Å². The van der Waals surface area contributed by atoms with Gasteiger partial charge in [-0.2, -0.15) is 0 Å². The van der Waals surface area contributed by atoms with Gasteiger partial charge in [0.2, 0.25) is 0 Å². The number of nitrogens with one attached hydrogen (secondary N) is 1. The van der Waals surface area contributed by atoms with E-state index in [0.717, 1.165) is 4.88 Å². The maximum Gasteiger partial charge on any atom is 0.254 e. The highest BCUT2D eigenvalue weighted by Gasteiger charge is 2.13. The Morgan fingerprint density at radius 3 is 2.95 bits per heavy atom. The summed E-state index contributed by atoms with van der Waals surface area (Å²) in [6.07, 6.45) is 1.94. The van der Waals surface area contributed by atoms with Crippen LogP contribution in [-0.4, -0.2) is 17.4 Å². The van der Waals surface area contributed by atoms with Gasteiger partial charge in [-0.3, -0.25) is 4.79 Å². The fraction of sp³-hybridized carbons (Fsp3) is 0.167. The van der Waals surface area contributed by atoms with Crippen molar-refractivity contribution in [3.05, 3.63) is 45.0 Å². The van der Waals surface area contributed by atoms with E-state index in [-0.39, 0.29) is 11.4 Å². The number of halogens is 2. The van der Waals surface area contributed by atoms with Crippen LogP contribution >= 0.6 is 22.9 Å². The third kappa shape index (κ3) is 3.42. The van der Waals surface area contributed by atoms with Gasteiger partial charge in [-0.1, -0.05) is 11.6 Å². The lowest BCUT2D eigenvalue weighted by atomic mass is 10.2. The molecule has 0 aliphatic heterocycles.